The first-order chi connectivity index (χ1) is 20.4. The maximum absolute atomic E-state index is 12.6. The molecule has 2 fully saturated rings. The molecule has 8 heteroatoms. The largest absolute Gasteiger partial charge is 0.492 e. The van der Waals surface area contributed by atoms with E-state index in [1.54, 1.807) is 9.47 Å². The van der Waals surface area contributed by atoms with Crippen molar-refractivity contribution in [2.45, 2.75) is 45.2 Å². The number of aromatic nitrogens is 2. The normalized spacial score (nSPS) is 18.6. The van der Waals surface area contributed by atoms with Crippen LogP contribution in [0.2, 0.25) is 0 Å². The summed E-state index contributed by atoms with van der Waals surface area (Å²) in [6.07, 6.45) is 6.05. The van der Waals surface area contributed by atoms with Crippen LogP contribution in [-0.2, 0) is 11.3 Å². The Bertz CT molecular complexity index is 1580. The van der Waals surface area contributed by atoms with Crippen LogP contribution < -0.4 is 15.2 Å². The molecule has 2 aromatic heterocycles. The van der Waals surface area contributed by atoms with Gasteiger partial charge in [0.15, 0.2) is 0 Å². The van der Waals surface area contributed by atoms with Gasteiger partial charge < -0.3 is 24.1 Å². The van der Waals surface area contributed by atoms with Gasteiger partial charge in [-0.15, -0.1) is 0 Å². The van der Waals surface area contributed by atoms with Gasteiger partial charge in [0.05, 0.1) is 6.04 Å². The van der Waals surface area contributed by atoms with Gasteiger partial charge in [0.2, 0.25) is 5.91 Å². The number of nitrogens with one attached hydrogen (secondary N) is 1. The van der Waals surface area contributed by atoms with Crippen LogP contribution in [0.4, 0.5) is 5.69 Å². The molecule has 0 aliphatic carbocycles. The number of carbonyl (C=O) groups is 1. The summed E-state index contributed by atoms with van der Waals surface area (Å²) in [7, 11) is 1.87. The SMILES string of the molecule is CCn1cc(-c2ccc(N3CCC(c4ccc(OCCN5CCN(C)C(=O)[C@H]5C)cc4)CC3)cc2)c2cc[nH]c2c1=O. The highest BCUT2D eigenvalue weighted by Gasteiger charge is 2.29. The second-order valence-corrected chi connectivity index (χ2v) is 11.6. The molecule has 0 saturated carbocycles. The number of hydrogen-bond acceptors (Lipinski definition) is 5. The number of piperazine rings is 1. The van der Waals surface area contributed by atoms with Crippen molar-refractivity contribution in [1.82, 2.24) is 19.4 Å². The minimum atomic E-state index is -0.0840. The molecular weight excluding hydrogens is 526 g/mol. The van der Waals surface area contributed by atoms with Crippen LogP contribution in [0, 0.1) is 0 Å². The van der Waals surface area contributed by atoms with Gasteiger partial charge in [-0.3, -0.25) is 14.5 Å². The fourth-order valence-electron chi connectivity index (χ4n) is 6.47. The third-order valence-electron chi connectivity index (χ3n) is 9.18. The first-order valence-corrected chi connectivity index (χ1v) is 15.2. The van der Waals surface area contributed by atoms with E-state index in [4.69, 9.17) is 4.74 Å². The number of hydrogen-bond donors (Lipinski definition) is 1. The van der Waals surface area contributed by atoms with Crippen molar-refractivity contribution in [3.8, 4) is 16.9 Å². The van der Waals surface area contributed by atoms with Gasteiger partial charge in [0, 0.05) is 75.3 Å². The van der Waals surface area contributed by atoms with Gasteiger partial charge in [-0.25, -0.2) is 0 Å². The van der Waals surface area contributed by atoms with E-state index in [9.17, 15) is 9.59 Å². The molecule has 220 valence electrons. The molecule has 1 atom stereocenters. The summed E-state index contributed by atoms with van der Waals surface area (Å²) in [6.45, 7) is 9.65. The van der Waals surface area contributed by atoms with E-state index in [-0.39, 0.29) is 17.5 Å². The molecule has 0 unspecified atom stereocenters. The number of ether oxygens (including phenoxy) is 1. The molecule has 0 radical (unpaired) electrons. The quantitative estimate of drug-likeness (QED) is 0.327. The van der Waals surface area contributed by atoms with E-state index in [0.717, 1.165) is 67.8 Å². The second-order valence-electron chi connectivity index (χ2n) is 11.6. The second kappa shape index (κ2) is 12.1. The predicted octanol–water partition coefficient (Wildman–Crippen LogP) is 4.94. The molecule has 42 heavy (non-hydrogen) atoms. The zero-order valence-electron chi connectivity index (χ0n) is 24.9. The van der Waals surface area contributed by atoms with Gasteiger partial charge in [-0.1, -0.05) is 24.3 Å². The highest BCUT2D eigenvalue weighted by Crippen LogP contribution is 2.33. The highest BCUT2D eigenvalue weighted by molar-refractivity contribution is 5.94. The Morgan fingerprint density at radius 3 is 2.38 bits per heavy atom. The zero-order valence-corrected chi connectivity index (χ0v) is 24.9. The number of benzene rings is 2. The average molecular weight is 568 g/mol. The lowest BCUT2D eigenvalue weighted by atomic mass is 9.89. The number of H-pyrrole nitrogens is 1. The summed E-state index contributed by atoms with van der Waals surface area (Å²) < 4.78 is 7.79. The van der Waals surface area contributed by atoms with Crippen LogP contribution in [0.5, 0.6) is 5.75 Å². The van der Waals surface area contributed by atoms with Gasteiger partial charge in [-0.2, -0.15) is 0 Å². The minimum Gasteiger partial charge on any atom is -0.492 e. The van der Waals surface area contributed by atoms with Crippen LogP contribution in [0.25, 0.3) is 22.0 Å². The Hall–Kier alpha value is -4.04. The summed E-state index contributed by atoms with van der Waals surface area (Å²) in [5.41, 5.74) is 5.50. The lowest BCUT2D eigenvalue weighted by Crippen LogP contribution is -2.55. The maximum Gasteiger partial charge on any atom is 0.274 e. The Morgan fingerprint density at radius 1 is 0.929 bits per heavy atom. The van der Waals surface area contributed by atoms with Crippen LogP contribution in [0.1, 0.15) is 38.2 Å². The van der Waals surface area contributed by atoms with Crippen molar-refractivity contribution in [1.29, 1.82) is 0 Å². The lowest BCUT2D eigenvalue weighted by Gasteiger charge is -2.37. The van der Waals surface area contributed by atoms with E-state index in [1.165, 1.54) is 11.3 Å². The van der Waals surface area contributed by atoms with Crippen molar-refractivity contribution >= 4 is 22.5 Å². The van der Waals surface area contributed by atoms with E-state index >= 15 is 0 Å². The number of carbonyl (C=O) groups excluding carboxylic acids is 1. The first kappa shape index (κ1) is 28.1. The topological polar surface area (TPSA) is 73.8 Å². The smallest absolute Gasteiger partial charge is 0.274 e. The molecule has 2 aromatic carbocycles. The van der Waals surface area contributed by atoms with Crippen molar-refractivity contribution < 1.29 is 9.53 Å². The number of fused-ring (bicyclic) bond motifs is 1. The molecular formula is C34H41N5O3. The lowest BCUT2D eigenvalue weighted by molar-refractivity contribution is -0.139. The van der Waals surface area contributed by atoms with E-state index in [1.807, 2.05) is 39.4 Å². The highest BCUT2D eigenvalue weighted by atomic mass is 16.5. The summed E-state index contributed by atoms with van der Waals surface area (Å²) in [6, 6.07) is 19.3. The van der Waals surface area contributed by atoms with Crippen molar-refractivity contribution in [2.24, 2.45) is 0 Å². The zero-order chi connectivity index (χ0) is 29.2. The Kier molecular flexibility index (Phi) is 8.07. The third kappa shape index (κ3) is 5.55. The summed E-state index contributed by atoms with van der Waals surface area (Å²) >= 11 is 0. The Balaban J connectivity index is 1.02. The average Bonchev–Trinajstić information content (AvgIpc) is 3.53. The van der Waals surface area contributed by atoms with Crippen LogP contribution in [0.15, 0.2) is 71.8 Å². The molecule has 0 bridgehead atoms. The van der Waals surface area contributed by atoms with Crippen molar-refractivity contribution in [3.05, 3.63) is 82.9 Å². The number of nitrogens with zero attached hydrogens (tertiary/aromatic N) is 4. The standard InChI is InChI=1S/C34H41N5O3/c1-4-37-23-31(30-13-16-35-32(30)34(37)41)27-5-9-28(10-6-27)39-17-14-26(15-18-39)25-7-11-29(12-8-25)42-22-21-38-20-19-36(3)33(40)24(38)2/h5-13,16,23-24,26,35H,4,14-15,17-22H2,1-3H3/t24-/m1/s1. The Labute approximate surface area is 247 Å². The van der Waals surface area contributed by atoms with E-state index in [0.29, 0.717) is 24.6 Å². The maximum atomic E-state index is 12.6. The van der Waals surface area contributed by atoms with Crippen LogP contribution in [-0.4, -0.2) is 77.7 Å². The van der Waals surface area contributed by atoms with Gasteiger partial charge in [0.1, 0.15) is 17.9 Å². The van der Waals surface area contributed by atoms with Crippen LogP contribution >= 0.6 is 0 Å². The molecule has 1 N–H and O–H groups in total. The minimum absolute atomic E-state index is 0.0255. The van der Waals surface area contributed by atoms with Crippen molar-refractivity contribution in [2.75, 3.05) is 51.3 Å². The molecule has 8 nitrogen and oxygen atoms in total. The van der Waals surface area contributed by atoms with Gasteiger partial charge in [0.25, 0.3) is 5.56 Å². The number of anilines is 1. The monoisotopic (exact) mass is 567 g/mol. The van der Waals surface area contributed by atoms with Crippen molar-refractivity contribution in [3.63, 3.8) is 0 Å². The number of aryl methyl sites for hydroxylation is 1. The summed E-state index contributed by atoms with van der Waals surface area (Å²) in [5, 5.41) is 0.968. The van der Waals surface area contributed by atoms with Crippen LogP contribution in [0.3, 0.4) is 0 Å². The number of pyridine rings is 1. The Morgan fingerprint density at radius 2 is 1.67 bits per heavy atom. The molecule has 4 aromatic rings. The van der Waals surface area contributed by atoms with Gasteiger partial charge >= 0.3 is 0 Å². The molecule has 2 aliphatic rings. The summed E-state index contributed by atoms with van der Waals surface area (Å²) in [5.74, 6) is 1.61. The number of rotatable bonds is 8. The first-order valence-electron chi connectivity index (χ1n) is 15.2. The van der Waals surface area contributed by atoms with E-state index in [2.05, 4.69) is 63.3 Å². The van der Waals surface area contributed by atoms with E-state index < -0.39 is 0 Å². The number of amides is 1. The summed E-state index contributed by atoms with van der Waals surface area (Å²) in [4.78, 5) is 34.5. The number of likely N-dealkylation sites (N-methyl/N-ethyl adjacent to an activating group) is 1. The molecule has 0 spiro atoms. The predicted molar refractivity (Wildman–Crippen MR) is 168 cm³/mol. The fourth-order valence-corrected chi connectivity index (χ4v) is 6.47. The molecule has 4 heterocycles. The number of piperidine rings is 1. The third-order valence-corrected chi connectivity index (χ3v) is 9.18. The molecule has 2 saturated heterocycles. The molecule has 2 aliphatic heterocycles. The molecule has 6 rings (SSSR count). The molecule has 1 amide bonds. The fraction of sp³-hybridized carbons (Fsp3) is 0.412. The van der Waals surface area contributed by atoms with Gasteiger partial charge in [-0.05, 0) is 74.1 Å². The number of aromatic amines is 1.